The van der Waals surface area contributed by atoms with Gasteiger partial charge in [0.15, 0.2) is 11.6 Å². The highest BCUT2D eigenvalue weighted by atomic mass is 16.1. The number of allylic oxidation sites excluding steroid dienone is 2. The molecule has 0 saturated heterocycles. The number of hydrogen-bond acceptors (Lipinski definition) is 2. The first-order valence-corrected chi connectivity index (χ1v) is 8.98. The molecule has 1 spiro atoms. The van der Waals surface area contributed by atoms with E-state index in [1.165, 1.54) is 51.4 Å². The van der Waals surface area contributed by atoms with Crippen LogP contribution in [0.3, 0.4) is 0 Å². The molecule has 0 unspecified atom stereocenters. The Balaban J connectivity index is 1.62. The predicted octanol–water partition coefficient (Wildman–Crippen LogP) is 3.55. The molecule has 5 aliphatic carbocycles. The van der Waals surface area contributed by atoms with Crippen molar-refractivity contribution < 1.29 is 9.59 Å². The predicted molar refractivity (Wildman–Crippen MR) is 79.5 cm³/mol. The van der Waals surface area contributed by atoms with Gasteiger partial charge in [-0.3, -0.25) is 9.59 Å². The van der Waals surface area contributed by atoms with E-state index >= 15 is 0 Å². The summed E-state index contributed by atoms with van der Waals surface area (Å²) in [6.45, 7) is 0. The van der Waals surface area contributed by atoms with E-state index in [2.05, 4.69) is 0 Å². The molecule has 5 aliphatic rings. The quantitative estimate of drug-likeness (QED) is 0.681. The Labute approximate surface area is 126 Å². The van der Waals surface area contributed by atoms with Crippen LogP contribution in [0.2, 0.25) is 0 Å². The Kier molecular flexibility index (Phi) is 2.45. The second-order valence-electron chi connectivity index (χ2n) is 8.34. The van der Waals surface area contributed by atoms with Crippen molar-refractivity contribution in [2.45, 2.75) is 51.4 Å². The van der Waals surface area contributed by atoms with Gasteiger partial charge in [-0.05, 0) is 66.9 Å². The Morgan fingerprint density at radius 2 is 1.24 bits per heavy atom. The van der Waals surface area contributed by atoms with E-state index in [1.807, 2.05) is 0 Å². The van der Waals surface area contributed by atoms with E-state index in [-0.39, 0.29) is 28.8 Å². The zero-order chi connectivity index (χ0) is 14.2. The molecule has 0 aromatic rings. The number of carbonyl (C=O) groups is 2. The first kappa shape index (κ1) is 12.6. The van der Waals surface area contributed by atoms with Gasteiger partial charge in [-0.1, -0.05) is 25.7 Å². The molecule has 4 bridgehead atoms. The van der Waals surface area contributed by atoms with Gasteiger partial charge in [0.2, 0.25) is 0 Å². The van der Waals surface area contributed by atoms with Gasteiger partial charge >= 0.3 is 0 Å². The largest absolute Gasteiger partial charge is 0.294 e. The molecule has 5 rings (SSSR count). The number of fused-ring (bicyclic) bond motifs is 10. The lowest BCUT2D eigenvalue weighted by molar-refractivity contribution is -0.121. The molecule has 0 aromatic carbocycles. The summed E-state index contributed by atoms with van der Waals surface area (Å²) in [6.07, 6.45) is 13.8. The second-order valence-corrected chi connectivity index (χ2v) is 8.34. The van der Waals surface area contributed by atoms with Crippen LogP contribution in [0.15, 0.2) is 12.2 Å². The van der Waals surface area contributed by atoms with Crippen LogP contribution in [0.4, 0.5) is 0 Å². The monoisotopic (exact) mass is 284 g/mol. The maximum Gasteiger partial charge on any atom is 0.160 e. The molecule has 21 heavy (non-hydrogen) atoms. The molecule has 4 fully saturated rings. The first-order valence-electron chi connectivity index (χ1n) is 8.98. The van der Waals surface area contributed by atoms with Gasteiger partial charge in [-0.15, -0.1) is 0 Å². The first-order chi connectivity index (χ1) is 10.2. The molecule has 0 N–H and O–H groups in total. The molecule has 112 valence electrons. The molecule has 4 saturated carbocycles. The van der Waals surface area contributed by atoms with Crippen LogP contribution in [0, 0.1) is 40.9 Å². The third kappa shape index (κ3) is 1.44. The van der Waals surface area contributed by atoms with Gasteiger partial charge in [-0.2, -0.15) is 0 Å². The van der Waals surface area contributed by atoms with Crippen molar-refractivity contribution in [3.05, 3.63) is 12.2 Å². The topological polar surface area (TPSA) is 34.1 Å². The molecule has 2 nitrogen and oxygen atoms in total. The van der Waals surface area contributed by atoms with Crippen LogP contribution in [0.25, 0.3) is 0 Å². The van der Waals surface area contributed by atoms with E-state index in [9.17, 15) is 9.59 Å². The highest BCUT2D eigenvalue weighted by Gasteiger charge is 2.76. The second kappa shape index (κ2) is 4.08. The number of hydrogen-bond donors (Lipinski definition) is 0. The Bertz CT molecular complexity index is 498. The van der Waals surface area contributed by atoms with Crippen LogP contribution in [0.5, 0.6) is 0 Å². The Morgan fingerprint density at radius 1 is 0.762 bits per heavy atom. The van der Waals surface area contributed by atoms with Crippen molar-refractivity contribution in [1.82, 2.24) is 0 Å². The van der Waals surface area contributed by atoms with Crippen molar-refractivity contribution in [2.75, 3.05) is 0 Å². The summed E-state index contributed by atoms with van der Waals surface area (Å²) >= 11 is 0. The number of ketones is 2. The third-order valence-corrected chi connectivity index (χ3v) is 7.84. The minimum Gasteiger partial charge on any atom is -0.294 e. The summed E-state index contributed by atoms with van der Waals surface area (Å²) in [6, 6.07) is 0. The van der Waals surface area contributed by atoms with Gasteiger partial charge in [0.1, 0.15) is 0 Å². The average Bonchev–Trinajstić information content (AvgIpc) is 3.24. The van der Waals surface area contributed by atoms with Gasteiger partial charge < -0.3 is 0 Å². The zero-order valence-electron chi connectivity index (χ0n) is 12.6. The van der Waals surface area contributed by atoms with Crippen LogP contribution in [0.1, 0.15) is 51.4 Å². The average molecular weight is 284 g/mol. The summed E-state index contributed by atoms with van der Waals surface area (Å²) in [7, 11) is 0. The summed E-state index contributed by atoms with van der Waals surface area (Å²) in [5.41, 5.74) is 0.0888. The Hall–Kier alpha value is -0.920. The summed E-state index contributed by atoms with van der Waals surface area (Å²) in [4.78, 5) is 24.9. The van der Waals surface area contributed by atoms with Crippen LogP contribution in [-0.2, 0) is 9.59 Å². The molecule has 0 aromatic heterocycles. The van der Waals surface area contributed by atoms with Crippen LogP contribution < -0.4 is 0 Å². The minimum atomic E-state index is 0.0700. The van der Waals surface area contributed by atoms with Gasteiger partial charge in [0.05, 0.1) is 0 Å². The van der Waals surface area contributed by atoms with Crippen molar-refractivity contribution in [3.8, 4) is 0 Å². The summed E-state index contributed by atoms with van der Waals surface area (Å²) < 4.78 is 0. The fraction of sp³-hybridized carbons (Fsp3) is 0.789. The van der Waals surface area contributed by atoms with E-state index in [4.69, 9.17) is 0 Å². The SMILES string of the molecule is O=C1C=CC(=O)[C@H]2[C@H]1C21[C@@H]2CCC[C@H](C2)[C@@H]2CCC[C@@H]1C2. The molecule has 0 heterocycles. The van der Waals surface area contributed by atoms with Gasteiger partial charge in [0, 0.05) is 11.8 Å². The van der Waals surface area contributed by atoms with E-state index in [1.54, 1.807) is 12.2 Å². The minimum absolute atomic E-state index is 0.0700. The lowest BCUT2D eigenvalue weighted by atomic mass is 9.68. The molecular weight excluding hydrogens is 260 g/mol. The van der Waals surface area contributed by atoms with E-state index in [0.29, 0.717) is 11.8 Å². The lowest BCUT2D eigenvalue weighted by Gasteiger charge is -2.36. The molecule has 2 heteroatoms. The van der Waals surface area contributed by atoms with E-state index in [0.717, 1.165) is 11.8 Å². The smallest absolute Gasteiger partial charge is 0.160 e. The van der Waals surface area contributed by atoms with Crippen LogP contribution in [-0.4, -0.2) is 11.6 Å². The van der Waals surface area contributed by atoms with Crippen LogP contribution >= 0.6 is 0 Å². The van der Waals surface area contributed by atoms with Gasteiger partial charge in [-0.25, -0.2) is 0 Å². The highest BCUT2D eigenvalue weighted by molar-refractivity contribution is 6.12. The molecular formula is C19H24O2. The molecule has 0 aliphatic heterocycles. The van der Waals surface area contributed by atoms with Gasteiger partial charge in [0.25, 0.3) is 0 Å². The van der Waals surface area contributed by atoms with Crippen molar-refractivity contribution in [3.63, 3.8) is 0 Å². The maximum absolute atomic E-state index is 12.4. The number of rotatable bonds is 0. The Morgan fingerprint density at radius 3 is 1.71 bits per heavy atom. The van der Waals surface area contributed by atoms with E-state index < -0.39 is 0 Å². The number of carbonyl (C=O) groups excluding carboxylic acids is 2. The van der Waals surface area contributed by atoms with Crippen molar-refractivity contribution >= 4 is 11.6 Å². The standard InChI is InChI=1S/C19H24O2/c20-15-7-8-16(21)18-17(15)19(18)13-5-1-3-11(9-13)12-4-2-6-14(19)10-12/h7-8,11-14,17-18H,1-6,9-10H2/t11-,12-,13-,14-,17+,18+/m1/s1. The fourth-order valence-corrected chi connectivity index (χ4v) is 7.19. The molecule has 0 amide bonds. The lowest BCUT2D eigenvalue weighted by Crippen LogP contribution is -2.31. The maximum atomic E-state index is 12.4. The summed E-state index contributed by atoms with van der Waals surface area (Å²) in [5, 5.41) is 0. The normalized spacial score (nSPS) is 54.3. The fourth-order valence-electron chi connectivity index (χ4n) is 7.19. The molecule has 6 atom stereocenters. The molecule has 0 radical (unpaired) electrons. The summed E-state index contributed by atoms with van der Waals surface area (Å²) in [5.74, 6) is 3.79. The highest BCUT2D eigenvalue weighted by Crippen LogP contribution is 2.75. The van der Waals surface area contributed by atoms with Crippen molar-refractivity contribution in [1.29, 1.82) is 0 Å². The third-order valence-electron chi connectivity index (χ3n) is 7.84. The zero-order valence-corrected chi connectivity index (χ0v) is 12.6. The van der Waals surface area contributed by atoms with Crippen molar-refractivity contribution in [2.24, 2.45) is 40.9 Å².